The Morgan fingerprint density at radius 2 is 1.60 bits per heavy atom. The summed E-state index contributed by atoms with van der Waals surface area (Å²) in [6, 6.07) is 15.2. The Morgan fingerprint density at radius 1 is 0.900 bits per heavy atom. The molecule has 104 valence electrons. The lowest BCUT2D eigenvalue weighted by molar-refractivity contribution is 0.225. The van der Waals surface area contributed by atoms with Crippen molar-refractivity contribution in [1.29, 1.82) is 0 Å². The Morgan fingerprint density at radius 3 is 2.35 bits per heavy atom. The molecule has 0 saturated carbocycles. The van der Waals surface area contributed by atoms with Gasteiger partial charge in [-0.25, -0.2) is 0 Å². The topological polar surface area (TPSA) is 18.5 Å². The summed E-state index contributed by atoms with van der Waals surface area (Å²) in [5.41, 5.74) is 5.54. The summed E-state index contributed by atoms with van der Waals surface area (Å²) in [7, 11) is -1.77. The Balaban J connectivity index is 2.04. The van der Waals surface area contributed by atoms with E-state index in [2.05, 4.69) is 42.5 Å². The smallest absolute Gasteiger partial charge is 0.356 e. The average Bonchev–Trinajstić information content (AvgIpc) is 2.85. The summed E-state index contributed by atoms with van der Waals surface area (Å²) < 4.78 is 11.8. The van der Waals surface area contributed by atoms with Gasteiger partial charge in [-0.15, -0.1) is 0 Å². The van der Waals surface area contributed by atoms with Crippen molar-refractivity contribution in [3.63, 3.8) is 0 Å². The molecule has 0 bridgehead atoms. The zero-order chi connectivity index (χ0) is 13.9. The van der Waals surface area contributed by atoms with E-state index in [0.29, 0.717) is 13.2 Å². The third kappa shape index (κ3) is 2.33. The molecule has 20 heavy (non-hydrogen) atoms. The molecule has 0 heterocycles. The van der Waals surface area contributed by atoms with Crippen LogP contribution in [0, 0.1) is 0 Å². The third-order valence-corrected chi connectivity index (χ3v) is 6.10. The Bertz CT molecular complexity index is 604. The summed E-state index contributed by atoms with van der Waals surface area (Å²) in [6.07, 6.45) is 1.01. The van der Waals surface area contributed by atoms with Crippen LogP contribution >= 0.6 is 0 Å². The first-order chi connectivity index (χ1) is 9.85. The lowest BCUT2D eigenvalue weighted by Crippen LogP contribution is -2.39. The summed E-state index contributed by atoms with van der Waals surface area (Å²) in [5.74, 6) is 0. The number of fused-ring (bicyclic) bond motifs is 3. The molecular weight excluding hydrogens is 264 g/mol. The van der Waals surface area contributed by atoms with Crippen LogP contribution in [0.2, 0.25) is 0 Å². The van der Waals surface area contributed by atoms with E-state index in [-0.39, 0.29) is 0 Å². The number of hydrogen-bond acceptors (Lipinski definition) is 2. The minimum Gasteiger partial charge on any atom is -0.394 e. The van der Waals surface area contributed by atoms with Gasteiger partial charge in [0.25, 0.3) is 0 Å². The van der Waals surface area contributed by atoms with Gasteiger partial charge in [0, 0.05) is 13.2 Å². The van der Waals surface area contributed by atoms with E-state index >= 15 is 0 Å². The van der Waals surface area contributed by atoms with Crippen LogP contribution in [-0.4, -0.2) is 22.5 Å². The molecule has 2 aromatic carbocycles. The molecule has 0 aliphatic heterocycles. The normalized spacial score (nSPS) is 12.6. The molecule has 0 radical (unpaired) electrons. The molecular formula is C17H20O2Si. The van der Waals surface area contributed by atoms with Gasteiger partial charge in [0.15, 0.2) is 0 Å². The van der Waals surface area contributed by atoms with Gasteiger partial charge in [0.1, 0.15) is 0 Å². The van der Waals surface area contributed by atoms with Gasteiger partial charge in [-0.2, -0.15) is 0 Å². The van der Waals surface area contributed by atoms with Crippen molar-refractivity contribution in [1.82, 2.24) is 0 Å². The maximum Gasteiger partial charge on any atom is 0.356 e. The fraction of sp³-hybridized carbons (Fsp3) is 0.294. The molecule has 1 aliphatic carbocycles. The second kappa shape index (κ2) is 5.91. The molecule has 3 rings (SSSR count). The highest BCUT2D eigenvalue weighted by molar-refractivity contribution is 6.62. The molecule has 2 nitrogen and oxygen atoms in total. The van der Waals surface area contributed by atoms with Crippen molar-refractivity contribution in [3.8, 4) is 11.1 Å². The summed E-state index contributed by atoms with van der Waals surface area (Å²) in [4.78, 5) is 0. The molecule has 0 unspecified atom stereocenters. The first-order valence-corrected chi connectivity index (χ1v) is 8.80. The van der Waals surface area contributed by atoms with E-state index in [1.165, 1.54) is 27.4 Å². The SMILES string of the molecule is CCO[SiH](OCC)c1cccc2c1Cc1ccccc1-2. The Labute approximate surface area is 122 Å². The maximum atomic E-state index is 5.91. The average molecular weight is 284 g/mol. The van der Waals surface area contributed by atoms with Gasteiger partial charge in [-0.3, -0.25) is 0 Å². The zero-order valence-electron chi connectivity index (χ0n) is 12.1. The van der Waals surface area contributed by atoms with E-state index in [9.17, 15) is 0 Å². The van der Waals surface area contributed by atoms with Crippen molar-refractivity contribution >= 4 is 14.5 Å². The zero-order valence-corrected chi connectivity index (χ0v) is 13.2. The first kappa shape index (κ1) is 13.6. The van der Waals surface area contributed by atoms with Gasteiger partial charge in [0.2, 0.25) is 0 Å². The molecule has 0 amide bonds. The van der Waals surface area contributed by atoms with Crippen LogP contribution in [0.4, 0.5) is 0 Å². The first-order valence-electron chi connectivity index (χ1n) is 7.28. The van der Waals surface area contributed by atoms with E-state index in [1.807, 2.05) is 13.8 Å². The van der Waals surface area contributed by atoms with Crippen LogP contribution in [-0.2, 0) is 15.3 Å². The van der Waals surface area contributed by atoms with Crippen LogP contribution in [0.25, 0.3) is 11.1 Å². The minimum absolute atomic E-state index is 0.716. The van der Waals surface area contributed by atoms with Crippen molar-refractivity contribution in [3.05, 3.63) is 53.6 Å². The Hall–Kier alpha value is -1.42. The van der Waals surface area contributed by atoms with E-state index in [1.54, 1.807) is 0 Å². The molecule has 0 aromatic heterocycles. The summed E-state index contributed by atoms with van der Waals surface area (Å²) >= 11 is 0. The second-order valence-corrected chi connectivity index (χ2v) is 6.90. The predicted molar refractivity (Wildman–Crippen MR) is 84.7 cm³/mol. The third-order valence-electron chi connectivity index (χ3n) is 3.78. The van der Waals surface area contributed by atoms with E-state index in [0.717, 1.165) is 6.42 Å². The highest BCUT2D eigenvalue weighted by Crippen LogP contribution is 2.35. The van der Waals surface area contributed by atoms with Crippen molar-refractivity contribution in [2.75, 3.05) is 13.2 Å². The number of hydrogen-bond donors (Lipinski definition) is 0. The van der Waals surface area contributed by atoms with Crippen LogP contribution in [0.1, 0.15) is 25.0 Å². The molecule has 0 fully saturated rings. The van der Waals surface area contributed by atoms with Crippen LogP contribution < -0.4 is 5.19 Å². The molecule has 3 heteroatoms. The lowest BCUT2D eigenvalue weighted by atomic mass is 10.1. The number of benzene rings is 2. The standard InChI is InChI=1S/C17H20O2Si/c1-3-18-20(19-4-2)17-11-7-10-15-14-9-6-5-8-13(14)12-16(15)17/h5-11,20H,3-4,12H2,1-2H3. The molecule has 0 spiro atoms. The number of rotatable bonds is 5. The maximum absolute atomic E-state index is 5.91. The van der Waals surface area contributed by atoms with Crippen molar-refractivity contribution in [2.45, 2.75) is 20.3 Å². The van der Waals surface area contributed by atoms with E-state index < -0.39 is 9.28 Å². The molecule has 0 atom stereocenters. The molecule has 1 aliphatic rings. The summed E-state index contributed by atoms with van der Waals surface area (Å²) in [6.45, 7) is 5.51. The van der Waals surface area contributed by atoms with E-state index in [4.69, 9.17) is 8.85 Å². The van der Waals surface area contributed by atoms with Gasteiger partial charge in [-0.1, -0.05) is 42.5 Å². The lowest BCUT2D eigenvalue weighted by Gasteiger charge is -2.18. The largest absolute Gasteiger partial charge is 0.394 e. The second-order valence-electron chi connectivity index (χ2n) is 4.95. The molecule has 2 aromatic rings. The van der Waals surface area contributed by atoms with Gasteiger partial charge >= 0.3 is 9.28 Å². The molecule has 0 saturated heterocycles. The summed E-state index contributed by atoms with van der Waals surface area (Å²) in [5, 5.41) is 1.31. The fourth-order valence-corrected chi connectivity index (χ4v) is 4.80. The fourth-order valence-electron chi connectivity index (χ4n) is 2.93. The van der Waals surface area contributed by atoms with Gasteiger partial charge < -0.3 is 8.85 Å². The van der Waals surface area contributed by atoms with Crippen molar-refractivity contribution in [2.24, 2.45) is 0 Å². The van der Waals surface area contributed by atoms with Crippen molar-refractivity contribution < 1.29 is 8.85 Å². The van der Waals surface area contributed by atoms with Crippen LogP contribution in [0.3, 0.4) is 0 Å². The van der Waals surface area contributed by atoms with Crippen LogP contribution in [0.5, 0.6) is 0 Å². The van der Waals surface area contributed by atoms with Gasteiger partial charge in [-0.05, 0) is 47.7 Å². The van der Waals surface area contributed by atoms with Gasteiger partial charge in [0.05, 0.1) is 0 Å². The minimum atomic E-state index is -1.77. The highest BCUT2D eigenvalue weighted by atomic mass is 28.3. The molecule has 0 N–H and O–H groups in total. The predicted octanol–water partition coefficient (Wildman–Crippen LogP) is 2.76. The highest BCUT2D eigenvalue weighted by Gasteiger charge is 2.26. The Kier molecular flexibility index (Phi) is 4.01. The quantitative estimate of drug-likeness (QED) is 0.671. The monoisotopic (exact) mass is 284 g/mol. The van der Waals surface area contributed by atoms with Crippen LogP contribution in [0.15, 0.2) is 42.5 Å².